The summed E-state index contributed by atoms with van der Waals surface area (Å²) in [5.41, 5.74) is 2.50. The zero-order chi connectivity index (χ0) is 8.55. The van der Waals surface area contributed by atoms with Crippen LogP contribution in [0.25, 0.3) is 11.0 Å². The zero-order valence-corrected chi connectivity index (χ0v) is 7.36. The predicted molar refractivity (Wildman–Crippen MR) is 46.3 cm³/mol. The maximum Gasteiger partial charge on any atom is 0.277 e. The Morgan fingerprint density at radius 3 is 1.67 bits per heavy atom. The molecule has 2 nitrogen and oxygen atoms in total. The average Bonchev–Trinajstić information content (AvgIpc) is 2.12. The first kappa shape index (κ1) is 7.22. The molecule has 1 aromatic carbocycles. The molecule has 2 rings (SSSR count). The number of aromatic nitrogens is 2. The molecule has 2 aromatic rings. The van der Waals surface area contributed by atoms with E-state index in [1.54, 1.807) is 0 Å². The molecule has 0 bridgehead atoms. The smallest absolute Gasteiger partial charge is 0.191 e. The highest BCUT2D eigenvalue weighted by molar-refractivity contribution is 5.66. The molecule has 1 heterocycles. The van der Waals surface area contributed by atoms with Crippen molar-refractivity contribution in [3.63, 3.8) is 0 Å². The number of hydrogen-bond acceptors (Lipinski definition) is 0. The van der Waals surface area contributed by atoms with Crippen molar-refractivity contribution in [1.29, 1.82) is 0 Å². The van der Waals surface area contributed by atoms with Crippen LogP contribution in [0.5, 0.6) is 0 Å². The maximum atomic E-state index is 2.12. The van der Waals surface area contributed by atoms with Gasteiger partial charge in [0.25, 0.3) is 11.0 Å². The lowest BCUT2D eigenvalue weighted by Gasteiger charge is -1.93. The van der Waals surface area contributed by atoms with Gasteiger partial charge in [0.1, 0.15) is 14.1 Å². The third-order valence-corrected chi connectivity index (χ3v) is 2.16. The quantitative estimate of drug-likeness (QED) is 0.495. The van der Waals surface area contributed by atoms with Crippen LogP contribution in [-0.2, 0) is 14.1 Å². The summed E-state index contributed by atoms with van der Waals surface area (Å²) in [5.74, 6) is 0. The van der Waals surface area contributed by atoms with Gasteiger partial charge in [-0.25, -0.2) is 0 Å². The van der Waals surface area contributed by atoms with Gasteiger partial charge in [0, 0.05) is 12.1 Å². The van der Waals surface area contributed by atoms with E-state index in [4.69, 9.17) is 0 Å². The molecule has 0 saturated heterocycles. The molecule has 0 aliphatic carbocycles. The van der Waals surface area contributed by atoms with E-state index in [2.05, 4.69) is 59.9 Å². The Morgan fingerprint density at radius 2 is 1.25 bits per heavy atom. The molecule has 0 unspecified atom stereocenters. The first-order valence-corrected chi connectivity index (χ1v) is 4.02. The fraction of sp³-hybridized carbons (Fsp3) is 0.200. The molecule has 0 amide bonds. The largest absolute Gasteiger partial charge is 0.277 e. The number of benzene rings is 1. The van der Waals surface area contributed by atoms with Crippen molar-refractivity contribution in [2.75, 3.05) is 0 Å². The number of hydrogen-bond donors (Lipinski definition) is 0. The molecular formula is C10H12N2+2. The van der Waals surface area contributed by atoms with Crippen molar-refractivity contribution >= 4 is 11.0 Å². The second-order valence-corrected chi connectivity index (χ2v) is 3.01. The molecule has 0 N–H and O–H groups in total. The number of nitrogens with zero attached hydrogens (tertiary/aromatic N) is 2. The SMILES string of the molecule is C[n+]1cc[n+](C)c2ccccc21. The van der Waals surface area contributed by atoms with Crippen molar-refractivity contribution in [2.45, 2.75) is 0 Å². The summed E-state index contributed by atoms with van der Waals surface area (Å²) in [6, 6.07) is 8.36. The summed E-state index contributed by atoms with van der Waals surface area (Å²) in [7, 11) is 4.12. The van der Waals surface area contributed by atoms with E-state index in [1.807, 2.05) is 0 Å². The van der Waals surface area contributed by atoms with Crippen LogP contribution in [0.4, 0.5) is 0 Å². The lowest BCUT2D eigenvalue weighted by molar-refractivity contribution is -0.693. The fourth-order valence-electron chi connectivity index (χ4n) is 1.42. The van der Waals surface area contributed by atoms with Crippen molar-refractivity contribution in [2.24, 2.45) is 14.1 Å². The summed E-state index contributed by atoms with van der Waals surface area (Å²) < 4.78 is 4.24. The molecule has 2 heteroatoms. The molecular weight excluding hydrogens is 148 g/mol. The number of para-hydroxylation sites is 2. The molecule has 1 aromatic heterocycles. The Kier molecular flexibility index (Phi) is 1.54. The Balaban J connectivity index is 2.95. The molecule has 0 aliphatic rings. The molecule has 0 atom stereocenters. The second-order valence-electron chi connectivity index (χ2n) is 3.01. The van der Waals surface area contributed by atoms with E-state index < -0.39 is 0 Å². The van der Waals surface area contributed by atoms with Gasteiger partial charge in [-0.15, -0.1) is 0 Å². The van der Waals surface area contributed by atoms with Crippen LogP contribution < -0.4 is 9.13 Å². The summed E-state index contributed by atoms with van der Waals surface area (Å²) in [6.07, 6.45) is 4.12. The summed E-state index contributed by atoms with van der Waals surface area (Å²) in [4.78, 5) is 0. The summed E-state index contributed by atoms with van der Waals surface area (Å²) >= 11 is 0. The minimum absolute atomic E-state index is 1.25. The number of fused-ring (bicyclic) bond motifs is 1. The van der Waals surface area contributed by atoms with Gasteiger partial charge in [-0.2, -0.15) is 9.13 Å². The predicted octanol–water partition coefficient (Wildman–Crippen LogP) is 0.489. The standard InChI is InChI=1S/C10H12N2/c1-11-7-8-12(2)10-6-4-3-5-9(10)11/h3-8H,1-2H3/q+2. The Morgan fingerprint density at radius 1 is 0.833 bits per heavy atom. The molecule has 0 fully saturated rings. The van der Waals surface area contributed by atoms with Crippen LogP contribution in [0.1, 0.15) is 0 Å². The van der Waals surface area contributed by atoms with Gasteiger partial charge >= 0.3 is 0 Å². The zero-order valence-electron chi connectivity index (χ0n) is 7.36. The van der Waals surface area contributed by atoms with Gasteiger partial charge in [0.2, 0.25) is 12.4 Å². The Hall–Kier alpha value is -1.44. The highest BCUT2D eigenvalue weighted by atomic mass is 15.0. The van der Waals surface area contributed by atoms with E-state index in [9.17, 15) is 0 Å². The third-order valence-electron chi connectivity index (χ3n) is 2.16. The minimum atomic E-state index is 1.25. The lowest BCUT2D eigenvalue weighted by atomic mass is 10.3. The van der Waals surface area contributed by atoms with Gasteiger partial charge in [-0.3, -0.25) is 0 Å². The Bertz CT molecular complexity index is 381. The third kappa shape index (κ3) is 0.961. The van der Waals surface area contributed by atoms with Crippen molar-refractivity contribution in [3.05, 3.63) is 36.7 Å². The van der Waals surface area contributed by atoms with Crippen LogP contribution >= 0.6 is 0 Å². The Labute approximate surface area is 71.7 Å². The van der Waals surface area contributed by atoms with Gasteiger partial charge in [-0.05, 0) is 0 Å². The number of rotatable bonds is 0. The molecule has 60 valence electrons. The van der Waals surface area contributed by atoms with Crippen molar-refractivity contribution < 1.29 is 9.13 Å². The van der Waals surface area contributed by atoms with Gasteiger partial charge in [0.05, 0.1) is 0 Å². The van der Waals surface area contributed by atoms with Crippen molar-refractivity contribution in [3.8, 4) is 0 Å². The van der Waals surface area contributed by atoms with Crippen molar-refractivity contribution in [1.82, 2.24) is 0 Å². The first-order valence-electron chi connectivity index (χ1n) is 4.02. The highest BCUT2D eigenvalue weighted by Gasteiger charge is 2.11. The van der Waals surface area contributed by atoms with Crippen LogP contribution in [0.2, 0.25) is 0 Å². The van der Waals surface area contributed by atoms with E-state index in [0.29, 0.717) is 0 Å². The monoisotopic (exact) mass is 160 g/mol. The fourth-order valence-corrected chi connectivity index (χ4v) is 1.42. The topological polar surface area (TPSA) is 7.76 Å². The van der Waals surface area contributed by atoms with Gasteiger partial charge in [-0.1, -0.05) is 12.1 Å². The molecule has 0 radical (unpaired) electrons. The van der Waals surface area contributed by atoms with Crippen LogP contribution in [0.3, 0.4) is 0 Å². The van der Waals surface area contributed by atoms with E-state index >= 15 is 0 Å². The molecule has 12 heavy (non-hydrogen) atoms. The van der Waals surface area contributed by atoms with E-state index in [-0.39, 0.29) is 0 Å². The maximum absolute atomic E-state index is 2.12. The summed E-state index contributed by atoms with van der Waals surface area (Å²) in [6.45, 7) is 0. The minimum Gasteiger partial charge on any atom is -0.191 e. The molecule has 0 spiro atoms. The van der Waals surface area contributed by atoms with E-state index in [0.717, 1.165) is 0 Å². The highest BCUT2D eigenvalue weighted by Crippen LogP contribution is 2.01. The average molecular weight is 160 g/mol. The molecule has 0 aliphatic heterocycles. The van der Waals surface area contributed by atoms with Crippen LogP contribution in [0.15, 0.2) is 36.7 Å². The lowest BCUT2D eigenvalue weighted by Crippen LogP contribution is -2.38. The normalized spacial score (nSPS) is 10.5. The van der Waals surface area contributed by atoms with Crippen LogP contribution in [0, 0.1) is 0 Å². The van der Waals surface area contributed by atoms with Gasteiger partial charge in [0.15, 0.2) is 0 Å². The van der Waals surface area contributed by atoms with E-state index in [1.165, 1.54) is 11.0 Å². The molecule has 0 saturated carbocycles. The van der Waals surface area contributed by atoms with Gasteiger partial charge < -0.3 is 0 Å². The van der Waals surface area contributed by atoms with Crippen LogP contribution in [-0.4, -0.2) is 0 Å². The second kappa shape index (κ2) is 2.55. The summed E-state index contributed by atoms with van der Waals surface area (Å²) in [5, 5.41) is 0. The number of aryl methyl sites for hydroxylation is 2. The first-order chi connectivity index (χ1) is 5.79.